The third-order valence-electron chi connectivity index (χ3n) is 5.39. The average Bonchev–Trinajstić information content (AvgIpc) is 3.00. The number of hydrogen-bond acceptors (Lipinski definition) is 9. The van der Waals surface area contributed by atoms with Gasteiger partial charge in [-0.3, -0.25) is 14.2 Å². The van der Waals surface area contributed by atoms with Crippen molar-refractivity contribution < 1.29 is 32.7 Å². The smallest absolute Gasteiger partial charge is 0.416 e. The summed E-state index contributed by atoms with van der Waals surface area (Å²) in [5.74, 6) is -0.0389. The number of amidine groups is 1. The zero-order valence-electron chi connectivity index (χ0n) is 28.8. The number of nitrogens with one attached hydrogen (secondary N) is 2. The maximum atomic E-state index is 13.4. The Hall–Kier alpha value is -4.91. The summed E-state index contributed by atoms with van der Waals surface area (Å²) in [5.41, 5.74) is 11.1. The van der Waals surface area contributed by atoms with E-state index in [1.165, 1.54) is 33.0 Å². The third kappa shape index (κ3) is 17.2. The largest absolute Gasteiger partial charge is 0.513 e. The summed E-state index contributed by atoms with van der Waals surface area (Å²) in [6.45, 7) is 15.0. The third-order valence-corrected chi connectivity index (χ3v) is 5.39. The van der Waals surface area contributed by atoms with Crippen LogP contribution in [0.1, 0.15) is 58.2 Å². The minimum absolute atomic E-state index is 0.00211. The van der Waals surface area contributed by atoms with Crippen molar-refractivity contribution in [2.45, 2.75) is 66.9 Å². The summed E-state index contributed by atoms with van der Waals surface area (Å²) in [6, 6.07) is 9.70. The van der Waals surface area contributed by atoms with E-state index in [1.54, 1.807) is 45.0 Å². The normalized spacial score (nSPS) is 10.7. The number of aliphatic hydroxyl groups is 1. The van der Waals surface area contributed by atoms with Crippen LogP contribution < -0.4 is 27.7 Å². The monoisotopic (exact) mass is 709 g/mol. The van der Waals surface area contributed by atoms with Gasteiger partial charge in [-0.15, -0.1) is 9.24 Å². The molecule has 12 nitrogen and oxygen atoms in total. The highest BCUT2D eigenvalue weighted by Gasteiger charge is 2.31. The van der Waals surface area contributed by atoms with Crippen molar-refractivity contribution in [1.82, 2.24) is 14.9 Å². The predicted octanol–water partition coefficient (Wildman–Crippen LogP) is 5.47. The van der Waals surface area contributed by atoms with Crippen molar-refractivity contribution >= 4 is 38.3 Å². The van der Waals surface area contributed by atoms with Gasteiger partial charge in [0.25, 0.3) is 5.56 Å². The number of halogens is 3. The van der Waals surface area contributed by atoms with Gasteiger partial charge in [-0.25, -0.2) is 4.98 Å². The van der Waals surface area contributed by atoms with Crippen LogP contribution in [0.2, 0.25) is 0 Å². The summed E-state index contributed by atoms with van der Waals surface area (Å²) in [7, 11) is 2.42. The van der Waals surface area contributed by atoms with E-state index >= 15 is 0 Å². The van der Waals surface area contributed by atoms with Crippen molar-refractivity contribution in [1.29, 1.82) is 0 Å². The number of anilines is 2. The fourth-order valence-corrected chi connectivity index (χ4v) is 3.59. The molecule has 270 valence electrons. The van der Waals surface area contributed by atoms with E-state index in [-0.39, 0.29) is 52.7 Å². The molecule has 3 rings (SSSR count). The topological polar surface area (TPSA) is 187 Å². The molecule has 0 spiro atoms. The number of benzene rings is 2. The highest BCUT2D eigenvalue weighted by Crippen LogP contribution is 2.34. The van der Waals surface area contributed by atoms with E-state index in [4.69, 9.17) is 21.4 Å². The van der Waals surface area contributed by atoms with Crippen molar-refractivity contribution in [2.24, 2.45) is 10.9 Å². The van der Waals surface area contributed by atoms with Crippen LogP contribution in [0.3, 0.4) is 0 Å². The Morgan fingerprint density at radius 2 is 1.67 bits per heavy atom. The molecule has 0 aliphatic heterocycles. The first-order valence-corrected chi connectivity index (χ1v) is 16.1. The molecule has 0 saturated carbocycles. The standard InChI is InChI=1S/C26H30F3N7O3.2C3H6O.CH5P/c1-4-39-35-23(31)17-7-5-16(6-8-17)12-32-22(37)14-36-21(13-33-24(25(36)38)34-15(2)3)18-9-19(26(27,28)29)11-20(30)10-18;2*1-3(2)4;1-2/h5-11,13,15H,4,12,14,30H2,1-3H3,(H2,31,35)(H,32,37)(H,33,34);1-2H3;4H,1H2,2H3;2H2,1H3. The Labute approximate surface area is 287 Å². The minimum Gasteiger partial charge on any atom is -0.513 e. The quantitative estimate of drug-likeness (QED) is 0.0455. The van der Waals surface area contributed by atoms with Crippen LogP contribution in [0.15, 0.2) is 70.9 Å². The summed E-state index contributed by atoms with van der Waals surface area (Å²) in [4.78, 5) is 44.6. The van der Waals surface area contributed by atoms with Gasteiger partial charge in [0.1, 0.15) is 18.9 Å². The molecule has 1 unspecified atom stereocenters. The van der Waals surface area contributed by atoms with Gasteiger partial charge in [-0.1, -0.05) is 42.7 Å². The first-order chi connectivity index (χ1) is 22.8. The summed E-state index contributed by atoms with van der Waals surface area (Å²) >= 11 is 0. The predicted molar refractivity (Wildman–Crippen MR) is 192 cm³/mol. The number of nitrogen functional groups attached to an aromatic ring is 1. The molecule has 0 fully saturated rings. The van der Waals surface area contributed by atoms with Gasteiger partial charge in [0.2, 0.25) is 5.91 Å². The van der Waals surface area contributed by atoms with E-state index in [9.17, 15) is 27.6 Å². The van der Waals surface area contributed by atoms with Crippen molar-refractivity contribution in [3.8, 4) is 11.3 Å². The fourth-order valence-electron chi connectivity index (χ4n) is 3.59. The van der Waals surface area contributed by atoms with Crippen LogP contribution in [0.25, 0.3) is 11.3 Å². The number of allylic oxidation sites excluding steroid dienone is 1. The van der Waals surface area contributed by atoms with Gasteiger partial charge >= 0.3 is 6.18 Å². The lowest BCUT2D eigenvalue weighted by Gasteiger charge is -2.17. The molecule has 1 aromatic heterocycles. The molecule has 0 aliphatic carbocycles. The number of nitrogens with two attached hydrogens (primary N) is 2. The van der Waals surface area contributed by atoms with Crippen LogP contribution >= 0.6 is 9.24 Å². The second kappa shape index (κ2) is 21.9. The van der Waals surface area contributed by atoms with Crippen molar-refractivity contribution in [3.63, 3.8) is 0 Å². The Balaban J connectivity index is 0.00000204. The SMILES string of the molecule is C=C(C)O.CC(C)=O.CCO/N=C(\N)c1ccc(CNC(=O)Cn2c(-c3cc(N)cc(C(F)(F)F)c3)cnc(NC(C)C)c2=O)cc1.CP. The highest BCUT2D eigenvalue weighted by molar-refractivity contribution is 7.15. The number of nitrogens with zero attached hydrogens (tertiary/aromatic N) is 3. The molecule has 2 aromatic carbocycles. The number of Topliss-reactive ketones (excluding diaryl/α,β-unsaturated/α-hetero) is 1. The number of aliphatic hydroxyl groups excluding tert-OH is 1. The molecule has 7 N–H and O–H groups in total. The molecule has 1 amide bonds. The second-order valence-corrected chi connectivity index (χ2v) is 10.5. The van der Waals surface area contributed by atoms with Crippen LogP contribution in [-0.4, -0.2) is 51.5 Å². The molecule has 16 heteroatoms. The first-order valence-electron chi connectivity index (χ1n) is 14.9. The molecule has 0 aliphatic rings. The molecular formula is C33H47F3N7O5P. The van der Waals surface area contributed by atoms with Gasteiger partial charge in [-0.05, 0) is 65.3 Å². The Morgan fingerprint density at radius 1 is 1.12 bits per heavy atom. The van der Waals surface area contributed by atoms with Gasteiger partial charge in [-0.2, -0.15) is 13.2 Å². The van der Waals surface area contributed by atoms with Crippen LogP contribution in [0, 0.1) is 0 Å². The molecular weight excluding hydrogens is 662 g/mol. The molecule has 0 bridgehead atoms. The van der Waals surface area contributed by atoms with Gasteiger partial charge < -0.3 is 36.8 Å². The zero-order valence-corrected chi connectivity index (χ0v) is 30.0. The lowest BCUT2D eigenvalue weighted by atomic mass is 10.1. The maximum Gasteiger partial charge on any atom is 0.416 e. The van der Waals surface area contributed by atoms with Crippen LogP contribution in [0.5, 0.6) is 0 Å². The maximum absolute atomic E-state index is 13.4. The number of amides is 1. The van der Waals surface area contributed by atoms with Crippen molar-refractivity contribution in [3.05, 3.63) is 88.0 Å². The number of oxime groups is 1. The Bertz CT molecular complexity index is 1590. The van der Waals surface area contributed by atoms with Crippen LogP contribution in [0.4, 0.5) is 24.7 Å². The summed E-state index contributed by atoms with van der Waals surface area (Å²) in [5, 5.41) is 17.2. The van der Waals surface area contributed by atoms with E-state index < -0.39 is 29.8 Å². The number of carbonyl (C=O) groups excluding carboxylic acids is 2. The number of aromatic nitrogens is 2. The zero-order chi connectivity index (χ0) is 37.9. The number of hydrogen-bond donors (Lipinski definition) is 5. The lowest BCUT2D eigenvalue weighted by Crippen LogP contribution is -2.35. The summed E-state index contributed by atoms with van der Waals surface area (Å²) in [6.07, 6.45) is -3.42. The molecule has 0 radical (unpaired) electrons. The van der Waals surface area contributed by atoms with Gasteiger partial charge in [0.05, 0.1) is 23.2 Å². The first kappa shape index (κ1) is 44.1. The van der Waals surface area contributed by atoms with E-state index in [1.807, 2.05) is 6.66 Å². The van der Waals surface area contributed by atoms with E-state index in [0.29, 0.717) is 12.2 Å². The number of carbonyl (C=O) groups is 2. The average molecular weight is 710 g/mol. The molecule has 1 atom stereocenters. The van der Waals surface area contributed by atoms with Crippen LogP contribution in [-0.2, 0) is 33.7 Å². The molecule has 0 saturated heterocycles. The Morgan fingerprint density at radius 3 is 2.16 bits per heavy atom. The second-order valence-electron chi connectivity index (χ2n) is 10.5. The summed E-state index contributed by atoms with van der Waals surface area (Å²) < 4.78 is 41.3. The van der Waals surface area contributed by atoms with Gasteiger partial charge in [0, 0.05) is 29.4 Å². The number of alkyl halides is 3. The molecule has 1 heterocycles. The molecule has 3 aromatic rings. The Kier molecular flexibility index (Phi) is 19.7. The molecule has 49 heavy (non-hydrogen) atoms. The number of rotatable bonds is 10. The lowest BCUT2D eigenvalue weighted by molar-refractivity contribution is -0.137. The number of ketones is 1. The highest BCUT2D eigenvalue weighted by atomic mass is 31.0. The van der Waals surface area contributed by atoms with Crippen molar-refractivity contribution in [2.75, 3.05) is 24.3 Å². The van der Waals surface area contributed by atoms with E-state index in [0.717, 1.165) is 22.3 Å². The fraction of sp³-hybridized carbons (Fsp3) is 0.364. The minimum atomic E-state index is -4.66. The van der Waals surface area contributed by atoms with Gasteiger partial charge in [0.15, 0.2) is 11.7 Å². The van der Waals surface area contributed by atoms with E-state index in [2.05, 4.69) is 36.6 Å².